The van der Waals surface area contributed by atoms with Gasteiger partial charge in [0.2, 0.25) is 0 Å². The van der Waals surface area contributed by atoms with Crippen molar-refractivity contribution >= 4 is 5.91 Å². The zero-order chi connectivity index (χ0) is 17.3. The molecule has 0 saturated carbocycles. The lowest BCUT2D eigenvalue weighted by atomic mass is 9.99. The number of benzene rings is 1. The lowest BCUT2D eigenvalue weighted by Crippen LogP contribution is -2.40. The van der Waals surface area contributed by atoms with E-state index < -0.39 is 29.4 Å². The van der Waals surface area contributed by atoms with Crippen molar-refractivity contribution in [2.45, 2.75) is 25.4 Å². The second-order valence-corrected chi connectivity index (χ2v) is 5.63. The summed E-state index contributed by atoms with van der Waals surface area (Å²) in [7, 11) is 0. The summed E-state index contributed by atoms with van der Waals surface area (Å²) in [5.41, 5.74) is 0.413. The third-order valence-corrected chi connectivity index (χ3v) is 4.24. The fourth-order valence-electron chi connectivity index (χ4n) is 3.12. The van der Waals surface area contributed by atoms with E-state index in [0.717, 1.165) is 12.1 Å². The molecule has 1 aromatic carbocycles. The van der Waals surface area contributed by atoms with Gasteiger partial charge >= 0.3 is 0 Å². The second kappa shape index (κ2) is 6.64. The number of amides is 1. The van der Waals surface area contributed by atoms with E-state index in [-0.39, 0.29) is 17.3 Å². The van der Waals surface area contributed by atoms with Crippen molar-refractivity contribution in [2.75, 3.05) is 13.1 Å². The molecule has 2 aromatic rings. The van der Waals surface area contributed by atoms with Crippen LogP contribution in [0.5, 0.6) is 0 Å². The Morgan fingerprint density at radius 3 is 2.67 bits per heavy atom. The number of likely N-dealkylation sites (N-methyl/N-ethyl adjacent to an activating group) is 1. The monoisotopic (exact) mass is 339 g/mol. The van der Waals surface area contributed by atoms with Gasteiger partial charge in [-0.25, -0.2) is 13.2 Å². The van der Waals surface area contributed by atoms with E-state index in [1.807, 2.05) is 11.8 Å². The molecule has 0 spiro atoms. The van der Waals surface area contributed by atoms with E-state index in [1.54, 1.807) is 0 Å². The SMILES string of the molecule is CCN1CC[C@@H](NC(=O)c2ccon2)[C@@H]1c1cc(F)c(F)c(F)c1. The zero-order valence-electron chi connectivity index (χ0n) is 12.9. The van der Waals surface area contributed by atoms with Gasteiger partial charge in [-0.05, 0) is 30.7 Å². The molecular formula is C16H16F3N3O2. The van der Waals surface area contributed by atoms with Crippen molar-refractivity contribution in [1.29, 1.82) is 0 Å². The third-order valence-electron chi connectivity index (χ3n) is 4.24. The van der Waals surface area contributed by atoms with Crippen LogP contribution in [0.15, 0.2) is 29.0 Å². The molecule has 8 heteroatoms. The van der Waals surface area contributed by atoms with E-state index in [0.29, 0.717) is 19.5 Å². The molecule has 1 fully saturated rings. The van der Waals surface area contributed by atoms with E-state index >= 15 is 0 Å². The lowest BCUT2D eigenvalue weighted by molar-refractivity contribution is 0.0916. The van der Waals surface area contributed by atoms with Crippen molar-refractivity contribution in [2.24, 2.45) is 0 Å². The standard InChI is InChI=1S/C16H16F3N3O2/c1-2-22-5-3-12(20-16(23)13-4-6-24-21-13)15(22)9-7-10(17)14(19)11(18)8-9/h4,6-8,12,15H,2-3,5H2,1H3,(H,20,23)/t12-,15+/m1/s1. The molecule has 0 aliphatic carbocycles. The Bertz CT molecular complexity index is 713. The van der Waals surface area contributed by atoms with Crippen molar-refractivity contribution < 1.29 is 22.5 Å². The molecule has 1 aliphatic rings. The molecule has 5 nitrogen and oxygen atoms in total. The van der Waals surface area contributed by atoms with Crippen LogP contribution in [-0.4, -0.2) is 35.1 Å². The summed E-state index contributed by atoms with van der Waals surface area (Å²) in [5, 5.41) is 6.37. The van der Waals surface area contributed by atoms with Crippen LogP contribution in [0.3, 0.4) is 0 Å². The normalized spacial score (nSPS) is 21.2. The van der Waals surface area contributed by atoms with Crippen LogP contribution in [0.4, 0.5) is 13.2 Å². The average Bonchev–Trinajstić information content (AvgIpc) is 3.21. The summed E-state index contributed by atoms with van der Waals surface area (Å²) in [5.74, 6) is -4.41. The molecule has 1 amide bonds. The molecule has 0 radical (unpaired) electrons. The molecule has 1 saturated heterocycles. The van der Waals surface area contributed by atoms with Crippen LogP contribution in [-0.2, 0) is 0 Å². The number of halogens is 3. The molecule has 24 heavy (non-hydrogen) atoms. The molecule has 1 aromatic heterocycles. The summed E-state index contributed by atoms with van der Waals surface area (Å²) in [6.45, 7) is 3.18. The van der Waals surface area contributed by atoms with Gasteiger partial charge in [-0.15, -0.1) is 0 Å². The van der Waals surface area contributed by atoms with Crippen LogP contribution in [0.1, 0.15) is 35.4 Å². The largest absolute Gasteiger partial charge is 0.364 e. The highest BCUT2D eigenvalue weighted by atomic mass is 19.2. The molecule has 0 unspecified atom stereocenters. The smallest absolute Gasteiger partial charge is 0.273 e. The maximum atomic E-state index is 13.6. The number of hydrogen-bond donors (Lipinski definition) is 1. The Morgan fingerprint density at radius 1 is 1.38 bits per heavy atom. The van der Waals surface area contributed by atoms with Gasteiger partial charge in [0.1, 0.15) is 6.26 Å². The van der Waals surface area contributed by atoms with Gasteiger partial charge in [0.15, 0.2) is 23.1 Å². The van der Waals surface area contributed by atoms with Crippen LogP contribution in [0, 0.1) is 17.5 Å². The van der Waals surface area contributed by atoms with Crippen molar-refractivity contribution in [3.63, 3.8) is 0 Å². The topological polar surface area (TPSA) is 58.4 Å². The van der Waals surface area contributed by atoms with Gasteiger partial charge < -0.3 is 9.84 Å². The van der Waals surface area contributed by atoms with E-state index in [2.05, 4.69) is 15.0 Å². The molecule has 1 N–H and O–H groups in total. The van der Waals surface area contributed by atoms with Crippen molar-refractivity contribution in [1.82, 2.24) is 15.4 Å². The first-order chi connectivity index (χ1) is 11.5. The maximum absolute atomic E-state index is 13.6. The molecule has 2 atom stereocenters. The van der Waals surface area contributed by atoms with Gasteiger partial charge in [0, 0.05) is 12.6 Å². The Balaban J connectivity index is 1.88. The zero-order valence-corrected chi connectivity index (χ0v) is 12.9. The van der Waals surface area contributed by atoms with E-state index in [9.17, 15) is 18.0 Å². The predicted molar refractivity (Wildman–Crippen MR) is 78.7 cm³/mol. The fourth-order valence-corrected chi connectivity index (χ4v) is 3.12. The van der Waals surface area contributed by atoms with Crippen molar-refractivity contribution in [3.05, 3.63) is 53.2 Å². The minimum absolute atomic E-state index is 0.125. The van der Waals surface area contributed by atoms with Gasteiger partial charge in [-0.2, -0.15) is 0 Å². The minimum Gasteiger partial charge on any atom is -0.364 e. The van der Waals surface area contributed by atoms with Gasteiger partial charge in [-0.1, -0.05) is 12.1 Å². The minimum atomic E-state index is -1.50. The predicted octanol–water partition coefficient (Wildman–Crippen LogP) is 2.66. The number of nitrogens with one attached hydrogen (secondary N) is 1. The second-order valence-electron chi connectivity index (χ2n) is 5.63. The average molecular weight is 339 g/mol. The first-order valence-electron chi connectivity index (χ1n) is 7.61. The summed E-state index contributed by atoms with van der Waals surface area (Å²) >= 11 is 0. The first-order valence-corrected chi connectivity index (χ1v) is 7.61. The van der Waals surface area contributed by atoms with Crippen molar-refractivity contribution in [3.8, 4) is 0 Å². The summed E-state index contributed by atoms with van der Waals surface area (Å²) in [4.78, 5) is 14.1. The lowest BCUT2D eigenvalue weighted by Gasteiger charge is -2.28. The molecule has 0 bridgehead atoms. The molecule has 1 aliphatic heterocycles. The molecule has 2 heterocycles. The highest BCUT2D eigenvalue weighted by Crippen LogP contribution is 2.33. The van der Waals surface area contributed by atoms with E-state index in [1.165, 1.54) is 12.3 Å². The quantitative estimate of drug-likeness (QED) is 0.870. The Hall–Kier alpha value is -2.35. The molecule has 128 valence electrons. The summed E-state index contributed by atoms with van der Waals surface area (Å²) in [6, 6.07) is 2.56. The maximum Gasteiger partial charge on any atom is 0.273 e. The number of aromatic nitrogens is 1. The highest BCUT2D eigenvalue weighted by Gasteiger charge is 2.36. The summed E-state index contributed by atoms with van der Waals surface area (Å²) < 4.78 is 45.0. The Morgan fingerprint density at radius 2 is 2.08 bits per heavy atom. The fraction of sp³-hybridized carbons (Fsp3) is 0.375. The van der Waals surface area contributed by atoms with Crippen LogP contribution >= 0.6 is 0 Å². The van der Waals surface area contributed by atoms with Crippen LogP contribution in [0.25, 0.3) is 0 Å². The number of carbonyl (C=O) groups excluding carboxylic acids is 1. The Kier molecular flexibility index (Phi) is 4.57. The van der Waals surface area contributed by atoms with Gasteiger partial charge in [-0.3, -0.25) is 9.69 Å². The first kappa shape index (κ1) is 16.5. The van der Waals surface area contributed by atoms with Crippen LogP contribution < -0.4 is 5.32 Å². The summed E-state index contributed by atoms with van der Waals surface area (Å²) in [6.07, 6.45) is 1.88. The van der Waals surface area contributed by atoms with Gasteiger partial charge in [0.25, 0.3) is 5.91 Å². The number of likely N-dealkylation sites (tertiary alicyclic amines) is 1. The number of nitrogens with zero attached hydrogens (tertiary/aromatic N) is 2. The molecular weight excluding hydrogens is 323 g/mol. The Labute approximate surface area is 136 Å². The number of rotatable bonds is 4. The number of hydrogen-bond acceptors (Lipinski definition) is 4. The highest BCUT2D eigenvalue weighted by molar-refractivity contribution is 5.92. The van der Waals surface area contributed by atoms with Crippen LogP contribution in [0.2, 0.25) is 0 Å². The molecule has 3 rings (SSSR count). The number of carbonyl (C=O) groups is 1. The van der Waals surface area contributed by atoms with Gasteiger partial charge in [0.05, 0.1) is 12.1 Å². The van der Waals surface area contributed by atoms with E-state index in [4.69, 9.17) is 0 Å². The third kappa shape index (κ3) is 3.01.